The van der Waals surface area contributed by atoms with Crippen molar-refractivity contribution in [2.45, 2.75) is 19.6 Å². The molecule has 0 aliphatic carbocycles. The molecular weight excluding hydrogens is 414 g/mol. The quantitative estimate of drug-likeness (QED) is 0.510. The van der Waals surface area contributed by atoms with Gasteiger partial charge in [-0.05, 0) is 19.1 Å². The van der Waals surface area contributed by atoms with Crippen molar-refractivity contribution in [1.82, 2.24) is 19.9 Å². The van der Waals surface area contributed by atoms with Gasteiger partial charge in [-0.25, -0.2) is 15.0 Å². The molecule has 1 atom stereocenters. The predicted octanol–water partition coefficient (Wildman–Crippen LogP) is 3.67. The molecule has 166 valence electrons. The van der Waals surface area contributed by atoms with Crippen molar-refractivity contribution in [3.8, 4) is 11.4 Å². The lowest BCUT2D eigenvalue weighted by Crippen LogP contribution is -2.38. The Hall–Kier alpha value is -3.68. The fraction of sp³-hybridized carbons (Fsp3) is 0.231. The van der Waals surface area contributed by atoms with Crippen LogP contribution in [0.4, 0.5) is 0 Å². The second-order valence-corrected chi connectivity index (χ2v) is 8.35. The highest BCUT2D eigenvalue weighted by Crippen LogP contribution is 2.26. The number of carbonyl (C=O) groups excluding carboxylic acids is 1. The number of aromatic nitrogens is 3. The lowest BCUT2D eigenvalue weighted by molar-refractivity contribution is -0.0349. The molecule has 33 heavy (non-hydrogen) atoms. The third-order valence-electron chi connectivity index (χ3n) is 5.90. The average molecular weight is 440 g/mol. The Morgan fingerprint density at radius 3 is 2.64 bits per heavy atom. The van der Waals surface area contributed by atoms with Crippen LogP contribution in [0.3, 0.4) is 0 Å². The van der Waals surface area contributed by atoms with Crippen LogP contribution in [0.1, 0.15) is 33.3 Å². The first kappa shape index (κ1) is 21.2. The van der Waals surface area contributed by atoms with Crippen molar-refractivity contribution in [1.29, 1.82) is 0 Å². The zero-order valence-electron chi connectivity index (χ0n) is 18.4. The van der Waals surface area contributed by atoms with Gasteiger partial charge in [0.2, 0.25) is 5.91 Å². The van der Waals surface area contributed by atoms with Crippen molar-refractivity contribution in [3.63, 3.8) is 0 Å². The molecule has 2 aromatic carbocycles. The van der Waals surface area contributed by atoms with Crippen LogP contribution in [0, 0.1) is 6.92 Å². The normalized spacial score (nSPS) is 16.7. The number of nitrogens with two attached hydrogens (primary N) is 1. The molecule has 0 spiro atoms. The Morgan fingerprint density at radius 2 is 1.88 bits per heavy atom. The smallest absolute Gasteiger partial charge is 0.249 e. The van der Waals surface area contributed by atoms with Gasteiger partial charge in [-0.15, -0.1) is 0 Å². The minimum absolute atomic E-state index is 0.241. The second-order valence-electron chi connectivity index (χ2n) is 8.35. The average Bonchev–Trinajstić information content (AvgIpc) is 2.84. The summed E-state index contributed by atoms with van der Waals surface area (Å²) in [6.07, 6.45) is 3.52. The first-order chi connectivity index (χ1) is 16.1. The maximum atomic E-state index is 12.0. The van der Waals surface area contributed by atoms with E-state index in [9.17, 15) is 4.79 Å². The monoisotopic (exact) mass is 439 g/mol. The number of rotatable bonds is 5. The fourth-order valence-electron chi connectivity index (χ4n) is 4.14. The summed E-state index contributed by atoms with van der Waals surface area (Å²) in [5, 5.41) is 0.757. The molecule has 1 amide bonds. The van der Waals surface area contributed by atoms with E-state index in [2.05, 4.69) is 33.9 Å². The van der Waals surface area contributed by atoms with E-state index in [4.69, 9.17) is 15.5 Å². The number of hydrogen-bond donors (Lipinski definition) is 1. The van der Waals surface area contributed by atoms with Gasteiger partial charge in [0.25, 0.3) is 0 Å². The number of amides is 1. The molecule has 1 aliphatic heterocycles. The number of fused-ring (bicyclic) bond motifs is 1. The number of pyridine rings is 1. The third-order valence-corrected chi connectivity index (χ3v) is 5.90. The SMILES string of the molecule is Cc1ccc(-c2ncc(CN3CCO[C@@H](c4cc(C(N)=O)c5ccccc5n4)C3)cn2)cc1. The van der Waals surface area contributed by atoms with E-state index in [0.29, 0.717) is 25.3 Å². The zero-order valence-corrected chi connectivity index (χ0v) is 18.4. The van der Waals surface area contributed by atoms with Gasteiger partial charge in [0.05, 0.1) is 23.4 Å². The van der Waals surface area contributed by atoms with E-state index in [1.165, 1.54) is 5.56 Å². The summed E-state index contributed by atoms with van der Waals surface area (Å²) in [6.45, 7) is 4.80. The van der Waals surface area contributed by atoms with Crippen molar-refractivity contribution >= 4 is 16.8 Å². The van der Waals surface area contributed by atoms with Gasteiger partial charge in [0.1, 0.15) is 6.10 Å². The molecule has 1 saturated heterocycles. The van der Waals surface area contributed by atoms with Crippen molar-refractivity contribution < 1.29 is 9.53 Å². The molecule has 0 bridgehead atoms. The minimum atomic E-state index is -0.465. The van der Waals surface area contributed by atoms with Gasteiger partial charge >= 0.3 is 0 Å². The van der Waals surface area contributed by atoms with Crippen LogP contribution in [0.15, 0.2) is 67.0 Å². The van der Waals surface area contributed by atoms with Crippen LogP contribution < -0.4 is 5.73 Å². The molecule has 3 heterocycles. The number of carbonyl (C=O) groups is 1. The van der Waals surface area contributed by atoms with Crippen LogP contribution in [0.2, 0.25) is 0 Å². The summed E-state index contributed by atoms with van der Waals surface area (Å²) < 4.78 is 6.01. The van der Waals surface area contributed by atoms with E-state index in [0.717, 1.165) is 40.1 Å². The largest absolute Gasteiger partial charge is 0.369 e. The highest BCUT2D eigenvalue weighted by molar-refractivity contribution is 6.05. The van der Waals surface area contributed by atoms with E-state index in [1.54, 1.807) is 6.07 Å². The van der Waals surface area contributed by atoms with E-state index < -0.39 is 5.91 Å². The highest BCUT2D eigenvalue weighted by Gasteiger charge is 2.25. The molecule has 2 N–H and O–H groups in total. The lowest BCUT2D eigenvalue weighted by atomic mass is 10.0. The van der Waals surface area contributed by atoms with Crippen LogP contribution in [0.25, 0.3) is 22.3 Å². The minimum Gasteiger partial charge on any atom is -0.369 e. The summed E-state index contributed by atoms with van der Waals surface area (Å²) in [5.41, 5.74) is 10.8. The zero-order chi connectivity index (χ0) is 22.8. The van der Waals surface area contributed by atoms with Crippen molar-refractivity contribution in [2.24, 2.45) is 5.73 Å². The van der Waals surface area contributed by atoms with Gasteiger partial charge in [0.15, 0.2) is 5.82 Å². The predicted molar refractivity (Wildman–Crippen MR) is 126 cm³/mol. The molecular formula is C26H25N5O2. The number of benzene rings is 2. The molecule has 1 fully saturated rings. The molecule has 0 radical (unpaired) electrons. The molecule has 7 heteroatoms. The van der Waals surface area contributed by atoms with Gasteiger partial charge in [-0.3, -0.25) is 9.69 Å². The first-order valence-corrected chi connectivity index (χ1v) is 11.0. The molecule has 0 saturated carbocycles. The number of hydrogen-bond acceptors (Lipinski definition) is 6. The van der Waals surface area contributed by atoms with Crippen LogP contribution in [-0.4, -0.2) is 45.5 Å². The Kier molecular flexibility index (Phi) is 5.81. The highest BCUT2D eigenvalue weighted by atomic mass is 16.5. The number of ether oxygens (including phenoxy) is 1. The first-order valence-electron chi connectivity index (χ1n) is 11.0. The summed E-state index contributed by atoms with van der Waals surface area (Å²) in [7, 11) is 0. The van der Waals surface area contributed by atoms with Gasteiger partial charge < -0.3 is 10.5 Å². The number of nitrogens with zero attached hydrogens (tertiary/aromatic N) is 4. The topological polar surface area (TPSA) is 94.2 Å². The Balaban J connectivity index is 1.32. The van der Waals surface area contributed by atoms with Gasteiger partial charge in [-0.1, -0.05) is 48.0 Å². The molecule has 7 nitrogen and oxygen atoms in total. The summed E-state index contributed by atoms with van der Waals surface area (Å²) >= 11 is 0. The summed E-state index contributed by atoms with van der Waals surface area (Å²) in [5.74, 6) is 0.256. The Labute approximate surface area is 192 Å². The van der Waals surface area contributed by atoms with E-state index >= 15 is 0 Å². The number of para-hydroxylation sites is 1. The number of primary amides is 1. The number of aryl methyl sites for hydroxylation is 1. The molecule has 0 unspecified atom stereocenters. The van der Waals surface area contributed by atoms with Crippen LogP contribution in [-0.2, 0) is 11.3 Å². The Morgan fingerprint density at radius 1 is 1.12 bits per heavy atom. The summed E-state index contributed by atoms with van der Waals surface area (Å²) in [4.78, 5) is 28.2. The molecule has 4 aromatic rings. The third kappa shape index (κ3) is 4.60. The summed E-state index contributed by atoms with van der Waals surface area (Å²) in [6, 6.07) is 17.5. The fourth-order valence-corrected chi connectivity index (χ4v) is 4.14. The molecule has 1 aliphatic rings. The Bertz CT molecular complexity index is 1290. The van der Waals surface area contributed by atoms with E-state index in [1.807, 2.05) is 48.8 Å². The van der Waals surface area contributed by atoms with Crippen molar-refractivity contribution in [2.75, 3.05) is 19.7 Å². The second kappa shape index (κ2) is 9.05. The van der Waals surface area contributed by atoms with Crippen LogP contribution in [0.5, 0.6) is 0 Å². The van der Waals surface area contributed by atoms with Crippen molar-refractivity contribution in [3.05, 3.63) is 89.4 Å². The molecule has 5 rings (SSSR count). The van der Waals surface area contributed by atoms with E-state index in [-0.39, 0.29) is 6.10 Å². The van der Waals surface area contributed by atoms with Gasteiger partial charge in [0, 0.05) is 48.5 Å². The standard InChI is InChI=1S/C26H25N5O2/c1-17-6-8-19(9-7-17)26-28-13-18(14-29-26)15-31-10-11-33-24(16-31)23-12-21(25(27)32)20-4-2-3-5-22(20)30-23/h2-9,12-14,24H,10-11,15-16H2,1H3,(H2,27,32)/t24-/m1/s1. The maximum Gasteiger partial charge on any atom is 0.249 e. The van der Waals surface area contributed by atoms with Gasteiger partial charge in [-0.2, -0.15) is 0 Å². The maximum absolute atomic E-state index is 12.0. The molecule has 2 aromatic heterocycles. The number of morpholine rings is 1. The lowest BCUT2D eigenvalue weighted by Gasteiger charge is -2.32. The van der Waals surface area contributed by atoms with Crippen LogP contribution >= 0.6 is 0 Å².